The molecule has 1 unspecified atom stereocenters. The fourth-order valence-electron chi connectivity index (χ4n) is 2.19. The van der Waals surface area contributed by atoms with Crippen molar-refractivity contribution in [3.05, 3.63) is 71.8 Å². The van der Waals surface area contributed by atoms with E-state index in [1.165, 1.54) is 6.92 Å². The zero-order chi connectivity index (χ0) is 17.2. The van der Waals surface area contributed by atoms with Crippen LogP contribution >= 0.6 is 11.8 Å². The molecule has 0 radical (unpaired) electrons. The predicted molar refractivity (Wildman–Crippen MR) is 96.1 cm³/mol. The van der Waals surface area contributed by atoms with E-state index in [-0.39, 0.29) is 16.9 Å². The summed E-state index contributed by atoms with van der Waals surface area (Å²) in [5, 5.41) is 0.00562. The number of hydrogen-bond acceptors (Lipinski definition) is 4. The Balaban J connectivity index is 1.89. The first kappa shape index (κ1) is 18.2. The number of hydroxylamine groups is 1. The van der Waals surface area contributed by atoms with Crippen LogP contribution in [0.2, 0.25) is 0 Å². The van der Waals surface area contributed by atoms with Crippen LogP contribution in [0.25, 0.3) is 0 Å². The number of thioether (sulfide) groups is 1. The van der Waals surface area contributed by atoms with Gasteiger partial charge in [-0.05, 0) is 17.5 Å². The van der Waals surface area contributed by atoms with Crippen LogP contribution in [-0.4, -0.2) is 16.8 Å². The fraction of sp³-hybridized carbons (Fsp3) is 0.263. The zero-order valence-electron chi connectivity index (χ0n) is 13.6. The lowest BCUT2D eigenvalue weighted by Gasteiger charge is -2.16. The van der Waals surface area contributed by atoms with Gasteiger partial charge in [-0.2, -0.15) is 0 Å². The van der Waals surface area contributed by atoms with E-state index < -0.39 is 0 Å². The summed E-state index contributed by atoms with van der Waals surface area (Å²) in [7, 11) is 0. The van der Waals surface area contributed by atoms with Gasteiger partial charge in [0, 0.05) is 12.7 Å². The lowest BCUT2D eigenvalue weighted by atomic mass is 10.0. The van der Waals surface area contributed by atoms with Crippen molar-refractivity contribution in [3.8, 4) is 0 Å². The Morgan fingerprint density at radius 2 is 1.58 bits per heavy atom. The Hall–Kier alpha value is -2.11. The van der Waals surface area contributed by atoms with Crippen LogP contribution in [0.4, 0.5) is 0 Å². The van der Waals surface area contributed by atoms with Crippen molar-refractivity contribution in [1.29, 1.82) is 0 Å². The van der Waals surface area contributed by atoms with Gasteiger partial charge in [-0.15, -0.1) is 0 Å². The normalized spacial score (nSPS) is 11.7. The second-order valence-corrected chi connectivity index (χ2v) is 6.63. The SMILES string of the molecule is CC(=O)SCC(Cc1ccccc1)C(=O)NOCc1ccccc1. The average molecular weight is 343 g/mol. The maximum absolute atomic E-state index is 12.4. The molecule has 0 aliphatic rings. The number of carbonyl (C=O) groups excluding carboxylic acids is 2. The molecule has 2 aromatic rings. The molecule has 0 heterocycles. The molecule has 1 amide bonds. The van der Waals surface area contributed by atoms with E-state index in [2.05, 4.69) is 5.48 Å². The molecule has 2 rings (SSSR count). The Morgan fingerprint density at radius 3 is 2.17 bits per heavy atom. The highest BCUT2D eigenvalue weighted by atomic mass is 32.2. The Labute approximate surface area is 146 Å². The molecule has 1 N–H and O–H groups in total. The lowest BCUT2D eigenvalue weighted by molar-refractivity contribution is -0.138. The minimum absolute atomic E-state index is 0.00562. The monoisotopic (exact) mass is 343 g/mol. The fourth-order valence-corrected chi connectivity index (χ4v) is 2.90. The molecule has 1 atom stereocenters. The minimum Gasteiger partial charge on any atom is -0.288 e. The van der Waals surface area contributed by atoms with E-state index in [0.717, 1.165) is 22.9 Å². The van der Waals surface area contributed by atoms with E-state index in [9.17, 15) is 9.59 Å². The van der Waals surface area contributed by atoms with E-state index in [1.807, 2.05) is 60.7 Å². The molecule has 0 spiro atoms. The van der Waals surface area contributed by atoms with Gasteiger partial charge in [0.05, 0.1) is 12.5 Å². The van der Waals surface area contributed by atoms with Gasteiger partial charge in [0.25, 0.3) is 0 Å². The molecule has 126 valence electrons. The average Bonchev–Trinajstić information content (AvgIpc) is 2.60. The van der Waals surface area contributed by atoms with Crippen LogP contribution in [0.3, 0.4) is 0 Å². The zero-order valence-corrected chi connectivity index (χ0v) is 14.4. The van der Waals surface area contributed by atoms with E-state index >= 15 is 0 Å². The molecular weight excluding hydrogens is 322 g/mol. The smallest absolute Gasteiger partial charge is 0.247 e. The number of rotatable bonds is 8. The third kappa shape index (κ3) is 6.56. The predicted octanol–water partition coefficient (Wildman–Crippen LogP) is 3.37. The number of nitrogens with one attached hydrogen (secondary N) is 1. The van der Waals surface area contributed by atoms with Crippen LogP contribution < -0.4 is 5.48 Å². The first-order chi connectivity index (χ1) is 11.6. The summed E-state index contributed by atoms with van der Waals surface area (Å²) >= 11 is 1.16. The topological polar surface area (TPSA) is 55.4 Å². The van der Waals surface area contributed by atoms with Gasteiger partial charge in [0.1, 0.15) is 0 Å². The van der Waals surface area contributed by atoms with Gasteiger partial charge in [-0.1, -0.05) is 72.4 Å². The first-order valence-electron chi connectivity index (χ1n) is 7.78. The second kappa shape index (κ2) is 9.90. The highest BCUT2D eigenvalue weighted by molar-refractivity contribution is 8.13. The molecule has 0 aliphatic heterocycles. The van der Waals surface area contributed by atoms with Crippen molar-refractivity contribution < 1.29 is 14.4 Å². The second-order valence-electron chi connectivity index (χ2n) is 5.43. The van der Waals surface area contributed by atoms with Gasteiger partial charge in [-0.25, -0.2) is 5.48 Å². The molecular formula is C19H21NO3S. The molecule has 2 aromatic carbocycles. The van der Waals surface area contributed by atoms with Crippen LogP contribution in [0.1, 0.15) is 18.1 Å². The summed E-state index contributed by atoms with van der Waals surface area (Å²) in [4.78, 5) is 28.9. The van der Waals surface area contributed by atoms with Gasteiger partial charge in [0.2, 0.25) is 5.91 Å². The van der Waals surface area contributed by atoms with Crippen molar-refractivity contribution in [2.45, 2.75) is 20.0 Å². The minimum atomic E-state index is -0.322. The van der Waals surface area contributed by atoms with E-state index in [0.29, 0.717) is 18.8 Å². The Kier molecular flexibility index (Phi) is 7.52. The number of carbonyl (C=O) groups is 2. The van der Waals surface area contributed by atoms with Crippen LogP contribution in [0.5, 0.6) is 0 Å². The maximum Gasteiger partial charge on any atom is 0.247 e. The molecule has 24 heavy (non-hydrogen) atoms. The first-order valence-corrected chi connectivity index (χ1v) is 8.76. The number of amides is 1. The van der Waals surface area contributed by atoms with Crippen LogP contribution in [0, 0.1) is 5.92 Å². The third-order valence-electron chi connectivity index (χ3n) is 3.44. The summed E-state index contributed by atoms with van der Waals surface area (Å²) in [5.74, 6) is -0.0919. The molecule has 0 saturated heterocycles. The quantitative estimate of drug-likeness (QED) is 0.747. The van der Waals surface area contributed by atoms with Gasteiger partial charge in [0.15, 0.2) is 5.12 Å². The van der Waals surface area contributed by atoms with Crippen molar-refractivity contribution in [3.63, 3.8) is 0 Å². The summed E-state index contributed by atoms with van der Waals surface area (Å²) in [6, 6.07) is 19.4. The highest BCUT2D eigenvalue weighted by Gasteiger charge is 2.20. The molecule has 0 saturated carbocycles. The molecule has 4 nitrogen and oxygen atoms in total. The van der Waals surface area contributed by atoms with Crippen molar-refractivity contribution >= 4 is 22.8 Å². The van der Waals surface area contributed by atoms with Crippen LogP contribution in [-0.2, 0) is 27.5 Å². The number of hydrogen-bond donors (Lipinski definition) is 1. The van der Waals surface area contributed by atoms with Gasteiger partial charge >= 0.3 is 0 Å². The van der Waals surface area contributed by atoms with E-state index in [1.54, 1.807) is 0 Å². The summed E-state index contributed by atoms with van der Waals surface area (Å²) < 4.78 is 0. The maximum atomic E-state index is 12.4. The molecule has 0 aromatic heterocycles. The molecule has 0 fully saturated rings. The van der Waals surface area contributed by atoms with E-state index in [4.69, 9.17) is 4.84 Å². The molecule has 5 heteroatoms. The Bertz CT molecular complexity index is 646. The molecule has 0 bridgehead atoms. The van der Waals surface area contributed by atoms with Gasteiger partial charge < -0.3 is 0 Å². The molecule has 0 aliphatic carbocycles. The van der Waals surface area contributed by atoms with Gasteiger partial charge in [-0.3, -0.25) is 14.4 Å². The largest absolute Gasteiger partial charge is 0.288 e. The highest BCUT2D eigenvalue weighted by Crippen LogP contribution is 2.16. The standard InChI is InChI=1S/C19H21NO3S/c1-15(21)24-14-18(12-16-8-4-2-5-9-16)19(22)20-23-13-17-10-6-3-7-11-17/h2-11,18H,12-14H2,1H3,(H,20,22). The number of benzene rings is 2. The lowest BCUT2D eigenvalue weighted by Crippen LogP contribution is -2.33. The summed E-state index contributed by atoms with van der Waals surface area (Å²) in [5.41, 5.74) is 4.55. The third-order valence-corrected chi connectivity index (χ3v) is 4.41. The van der Waals surface area contributed by atoms with Crippen LogP contribution in [0.15, 0.2) is 60.7 Å². The van der Waals surface area contributed by atoms with Crippen molar-refractivity contribution in [2.24, 2.45) is 5.92 Å². The summed E-state index contributed by atoms with van der Waals surface area (Å²) in [6.07, 6.45) is 0.571. The summed E-state index contributed by atoms with van der Waals surface area (Å²) in [6.45, 7) is 1.82. The van der Waals surface area contributed by atoms with Crippen molar-refractivity contribution in [1.82, 2.24) is 5.48 Å². The van der Waals surface area contributed by atoms with Crippen molar-refractivity contribution in [2.75, 3.05) is 5.75 Å². The Morgan fingerprint density at radius 1 is 1.00 bits per heavy atom.